The highest BCUT2D eigenvalue weighted by atomic mass is 16.6. The topological polar surface area (TPSA) is 86.5 Å². The van der Waals surface area contributed by atoms with Gasteiger partial charge in [0, 0.05) is 5.56 Å². The van der Waals surface area contributed by atoms with E-state index in [4.69, 9.17) is 14.1 Å². The first-order valence-corrected chi connectivity index (χ1v) is 8.90. The molecule has 28 heavy (non-hydrogen) atoms. The highest BCUT2D eigenvalue weighted by molar-refractivity contribution is 5.96. The summed E-state index contributed by atoms with van der Waals surface area (Å²) >= 11 is 0. The van der Waals surface area contributed by atoms with Crippen LogP contribution in [0.1, 0.15) is 23.6 Å². The third kappa shape index (κ3) is 4.31. The van der Waals surface area contributed by atoms with E-state index in [2.05, 4.69) is 15.6 Å². The van der Waals surface area contributed by atoms with Gasteiger partial charge in [-0.3, -0.25) is 4.79 Å². The Morgan fingerprint density at radius 2 is 1.79 bits per heavy atom. The number of benzene rings is 2. The van der Waals surface area contributed by atoms with E-state index < -0.39 is 6.10 Å². The Hall–Kier alpha value is -3.35. The van der Waals surface area contributed by atoms with E-state index in [1.807, 2.05) is 57.2 Å². The van der Waals surface area contributed by atoms with E-state index in [1.54, 1.807) is 14.0 Å². The lowest BCUT2D eigenvalue weighted by molar-refractivity contribution is -0.122. The summed E-state index contributed by atoms with van der Waals surface area (Å²) in [6.45, 7) is 7.56. The second kappa shape index (κ2) is 8.12. The molecule has 0 radical (unpaired) electrons. The summed E-state index contributed by atoms with van der Waals surface area (Å²) in [5.74, 6) is 1.30. The van der Waals surface area contributed by atoms with Crippen LogP contribution in [0.2, 0.25) is 0 Å². The number of nitrogens with zero attached hydrogens (tertiary/aromatic N) is 2. The Kier molecular flexibility index (Phi) is 5.63. The number of aromatic nitrogens is 2. The molecule has 1 N–H and O–H groups in total. The minimum absolute atomic E-state index is 0.241. The Labute approximate surface area is 163 Å². The van der Waals surface area contributed by atoms with E-state index in [1.165, 1.54) is 0 Å². The van der Waals surface area contributed by atoms with Gasteiger partial charge >= 0.3 is 0 Å². The van der Waals surface area contributed by atoms with E-state index in [9.17, 15) is 4.79 Å². The van der Waals surface area contributed by atoms with Crippen LogP contribution >= 0.6 is 0 Å². The first-order valence-electron chi connectivity index (χ1n) is 8.90. The summed E-state index contributed by atoms with van der Waals surface area (Å²) in [6, 6.07) is 11.4. The van der Waals surface area contributed by atoms with Gasteiger partial charge in [-0.15, -0.1) is 0 Å². The Balaban J connectivity index is 1.74. The number of amides is 1. The predicted octanol–water partition coefficient (Wildman–Crippen LogP) is 4.08. The third-order valence-electron chi connectivity index (χ3n) is 4.28. The fourth-order valence-corrected chi connectivity index (χ4v) is 2.96. The maximum absolute atomic E-state index is 12.6. The SMILES string of the molecule is COc1ccc(-c2nonc2NC(=O)[C@@H](C)Oc2cc(C)cc(C)c2)cc1C. The highest BCUT2D eigenvalue weighted by Crippen LogP contribution is 2.29. The number of aryl methyl sites for hydroxylation is 3. The molecule has 3 aromatic rings. The minimum Gasteiger partial charge on any atom is -0.496 e. The average molecular weight is 381 g/mol. The van der Waals surface area contributed by atoms with E-state index in [-0.39, 0.29) is 11.7 Å². The zero-order valence-electron chi connectivity index (χ0n) is 16.6. The van der Waals surface area contributed by atoms with Crippen molar-refractivity contribution in [2.75, 3.05) is 12.4 Å². The summed E-state index contributed by atoms with van der Waals surface area (Å²) < 4.78 is 15.9. The van der Waals surface area contributed by atoms with Gasteiger partial charge in [-0.2, -0.15) is 0 Å². The van der Waals surface area contributed by atoms with Gasteiger partial charge < -0.3 is 14.8 Å². The first kappa shape index (κ1) is 19.4. The maximum Gasteiger partial charge on any atom is 0.266 e. The number of ether oxygens (including phenoxy) is 2. The molecule has 0 aliphatic carbocycles. The lowest BCUT2D eigenvalue weighted by atomic mass is 10.1. The molecule has 146 valence electrons. The molecule has 0 saturated heterocycles. The van der Waals surface area contributed by atoms with Gasteiger partial charge in [0.15, 0.2) is 11.8 Å². The Bertz CT molecular complexity index is 977. The molecular formula is C21H23N3O4. The molecular weight excluding hydrogens is 358 g/mol. The van der Waals surface area contributed by atoms with Crippen molar-refractivity contribution in [3.63, 3.8) is 0 Å². The van der Waals surface area contributed by atoms with Crippen molar-refractivity contribution in [2.45, 2.75) is 33.8 Å². The van der Waals surface area contributed by atoms with Gasteiger partial charge in [-0.25, -0.2) is 4.63 Å². The number of rotatable bonds is 6. The maximum atomic E-state index is 12.6. The number of hydrogen-bond donors (Lipinski definition) is 1. The molecule has 1 atom stereocenters. The second-order valence-corrected chi connectivity index (χ2v) is 6.72. The van der Waals surface area contributed by atoms with Crippen LogP contribution in [0.3, 0.4) is 0 Å². The van der Waals surface area contributed by atoms with Crippen molar-refractivity contribution in [1.29, 1.82) is 0 Å². The van der Waals surface area contributed by atoms with Crippen LogP contribution in [0.15, 0.2) is 41.0 Å². The molecule has 7 nitrogen and oxygen atoms in total. The fraction of sp³-hybridized carbons (Fsp3) is 0.286. The molecule has 1 heterocycles. The van der Waals surface area contributed by atoms with E-state index in [0.29, 0.717) is 11.4 Å². The van der Waals surface area contributed by atoms with Gasteiger partial charge in [0.2, 0.25) is 5.82 Å². The number of nitrogens with one attached hydrogen (secondary N) is 1. The summed E-state index contributed by atoms with van der Waals surface area (Å²) in [5, 5.41) is 10.5. The summed E-state index contributed by atoms with van der Waals surface area (Å²) in [4.78, 5) is 12.6. The lowest BCUT2D eigenvalue weighted by Gasteiger charge is -2.15. The summed E-state index contributed by atoms with van der Waals surface area (Å²) in [6.07, 6.45) is -0.719. The number of anilines is 1. The summed E-state index contributed by atoms with van der Waals surface area (Å²) in [5.41, 5.74) is 4.28. The molecule has 0 unspecified atom stereocenters. The number of carbonyl (C=O) groups is 1. The van der Waals surface area contributed by atoms with E-state index in [0.717, 1.165) is 28.0 Å². The fourth-order valence-electron chi connectivity index (χ4n) is 2.96. The Morgan fingerprint density at radius 1 is 1.07 bits per heavy atom. The summed E-state index contributed by atoms with van der Waals surface area (Å²) in [7, 11) is 1.61. The Morgan fingerprint density at radius 3 is 2.43 bits per heavy atom. The van der Waals surface area contributed by atoms with Crippen molar-refractivity contribution in [3.8, 4) is 22.8 Å². The van der Waals surface area contributed by atoms with Crippen LogP contribution < -0.4 is 14.8 Å². The molecule has 0 aliphatic heterocycles. The van der Waals surface area contributed by atoms with Crippen molar-refractivity contribution >= 4 is 11.7 Å². The van der Waals surface area contributed by atoms with Crippen LogP contribution in [-0.4, -0.2) is 29.4 Å². The zero-order valence-corrected chi connectivity index (χ0v) is 16.6. The molecule has 7 heteroatoms. The molecule has 3 rings (SSSR count). The third-order valence-corrected chi connectivity index (χ3v) is 4.28. The van der Waals surface area contributed by atoms with Crippen LogP contribution in [-0.2, 0) is 4.79 Å². The zero-order chi connectivity index (χ0) is 20.3. The lowest BCUT2D eigenvalue weighted by Crippen LogP contribution is -2.30. The molecule has 0 spiro atoms. The molecule has 0 saturated carbocycles. The number of carbonyl (C=O) groups excluding carboxylic acids is 1. The number of methoxy groups -OCH3 is 1. The van der Waals surface area contributed by atoms with Gasteiger partial charge in [0.25, 0.3) is 5.91 Å². The molecule has 1 aromatic heterocycles. The van der Waals surface area contributed by atoms with Crippen LogP contribution in [0.5, 0.6) is 11.5 Å². The van der Waals surface area contributed by atoms with Gasteiger partial charge in [-0.1, -0.05) is 6.07 Å². The van der Waals surface area contributed by atoms with Gasteiger partial charge in [0.05, 0.1) is 7.11 Å². The molecule has 0 bridgehead atoms. The molecule has 0 fully saturated rings. The minimum atomic E-state index is -0.719. The normalized spacial score (nSPS) is 11.8. The molecule has 2 aromatic carbocycles. The largest absolute Gasteiger partial charge is 0.496 e. The van der Waals surface area contributed by atoms with Gasteiger partial charge in [0.1, 0.15) is 11.5 Å². The van der Waals surface area contributed by atoms with Gasteiger partial charge in [-0.05, 0) is 85.0 Å². The van der Waals surface area contributed by atoms with Crippen molar-refractivity contribution in [2.24, 2.45) is 0 Å². The van der Waals surface area contributed by atoms with E-state index >= 15 is 0 Å². The van der Waals surface area contributed by atoms with Crippen LogP contribution in [0.25, 0.3) is 11.3 Å². The van der Waals surface area contributed by atoms with Crippen LogP contribution in [0.4, 0.5) is 5.82 Å². The van der Waals surface area contributed by atoms with Crippen molar-refractivity contribution in [3.05, 3.63) is 53.1 Å². The quantitative estimate of drug-likeness (QED) is 0.692. The standard InChI is InChI=1S/C21H23N3O4/c1-12-8-13(2)10-17(9-12)27-15(4)21(25)22-20-19(23-28-24-20)16-6-7-18(26-5)14(3)11-16/h6-11,15H,1-5H3,(H,22,24,25)/t15-/m1/s1. The number of hydrogen-bond acceptors (Lipinski definition) is 6. The molecule has 1 amide bonds. The van der Waals surface area contributed by atoms with Crippen molar-refractivity contribution < 1.29 is 18.9 Å². The second-order valence-electron chi connectivity index (χ2n) is 6.72. The first-order chi connectivity index (χ1) is 13.4. The highest BCUT2D eigenvalue weighted by Gasteiger charge is 2.21. The smallest absolute Gasteiger partial charge is 0.266 e. The van der Waals surface area contributed by atoms with Crippen LogP contribution in [0, 0.1) is 20.8 Å². The average Bonchev–Trinajstić information content (AvgIpc) is 3.08. The predicted molar refractivity (Wildman–Crippen MR) is 106 cm³/mol. The molecule has 0 aliphatic rings. The monoisotopic (exact) mass is 381 g/mol. The van der Waals surface area contributed by atoms with Crippen molar-refractivity contribution in [1.82, 2.24) is 10.3 Å².